The van der Waals surface area contributed by atoms with Crippen molar-refractivity contribution in [3.05, 3.63) is 30.2 Å². The number of benzene rings is 1. The normalized spacial score (nSPS) is 18.0. The van der Waals surface area contributed by atoms with Gasteiger partial charge in [-0.3, -0.25) is 4.79 Å². The van der Waals surface area contributed by atoms with Gasteiger partial charge in [-0.25, -0.2) is 0 Å². The fourth-order valence-corrected chi connectivity index (χ4v) is 3.23. The molecule has 2 aromatic rings. The van der Waals surface area contributed by atoms with Gasteiger partial charge in [0.25, 0.3) is 0 Å². The first-order chi connectivity index (χ1) is 12.4. The summed E-state index contributed by atoms with van der Waals surface area (Å²) >= 11 is 0. The van der Waals surface area contributed by atoms with E-state index in [1.54, 1.807) is 7.11 Å². The van der Waals surface area contributed by atoms with Gasteiger partial charge in [-0.2, -0.15) is 4.98 Å². The van der Waals surface area contributed by atoms with Crippen molar-refractivity contribution in [1.82, 2.24) is 15.0 Å². The Bertz CT molecular complexity index is 746. The van der Waals surface area contributed by atoms with Gasteiger partial charge in [0.1, 0.15) is 5.75 Å². The van der Waals surface area contributed by atoms with Crippen LogP contribution in [-0.4, -0.2) is 41.1 Å². The third-order valence-corrected chi connectivity index (χ3v) is 4.59. The number of amides is 1. The van der Waals surface area contributed by atoms with Crippen LogP contribution in [0, 0.1) is 5.41 Å². The van der Waals surface area contributed by atoms with E-state index in [4.69, 9.17) is 9.26 Å². The van der Waals surface area contributed by atoms with Crippen LogP contribution in [0.25, 0.3) is 11.4 Å². The highest BCUT2D eigenvalue weighted by atomic mass is 16.5. The molecule has 2 heterocycles. The Labute approximate surface area is 154 Å². The summed E-state index contributed by atoms with van der Waals surface area (Å²) in [7, 11) is 1.64. The quantitative estimate of drug-likeness (QED) is 0.830. The predicted molar refractivity (Wildman–Crippen MR) is 98.9 cm³/mol. The molecule has 140 valence electrons. The van der Waals surface area contributed by atoms with Gasteiger partial charge in [0, 0.05) is 25.1 Å². The highest BCUT2D eigenvalue weighted by molar-refractivity contribution is 5.77. The highest BCUT2D eigenvalue weighted by Crippen LogP contribution is 2.29. The summed E-state index contributed by atoms with van der Waals surface area (Å²) < 4.78 is 10.7. The number of hydrogen-bond donors (Lipinski definition) is 0. The van der Waals surface area contributed by atoms with Crippen LogP contribution in [0.1, 0.15) is 51.8 Å². The predicted octanol–water partition coefficient (Wildman–Crippen LogP) is 3.89. The van der Waals surface area contributed by atoms with Gasteiger partial charge in [0.2, 0.25) is 17.6 Å². The fraction of sp³-hybridized carbons (Fsp3) is 0.550. The molecule has 1 atom stereocenters. The van der Waals surface area contributed by atoms with E-state index >= 15 is 0 Å². The SMILES string of the molecule is COc1ccc(-c2noc([C@@H]3CCCN(C(=O)CC(C)(C)C)C3)n2)cc1. The third-order valence-electron chi connectivity index (χ3n) is 4.59. The van der Waals surface area contributed by atoms with E-state index in [0.29, 0.717) is 24.7 Å². The number of methoxy groups -OCH3 is 1. The van der Waals surface area contributed by atoms with E-state index in [0.717, 1.165) is 30.7 Å². The summed E-state index contributed by atoms with van der Waals surface area (Å²) in [5, 5.41) is 4.12. The van der Waals surface area contributed by atoms with Crippen LogP contribution in [0.5, 0.6) is 5.75 Å². The summed E-state index contributed by atoms with van der Waals surface area (Å²) in [6, 6.07) is 7.57. The molecule has 1 aromatic heterocycles. The average Bonchev–Trinajstić information content (AvgIpc) is 3.10. The molecule has 1 aromatic carbocycles. The standard InChI is InChI=1S/C20H27N3O3/c1-20(2,3)12-17(24)23-11-5-6-15(13-23)19-21-18(22-26-19)14-7-9-16(25-4)10-8-14/h7-10,15H,5-6,11-13H2,1-4H3/t15-/m1/s1. The lowest BCUT2D eigenvalue weighted by Gasteiger charge is -2.33. The number of likely N-dealkylation sites (tertiary alicyclic amines) is 1. The van der Waals surface area contributed by atoms with Crippen molar-refractivity contribution >= 4 is 5.91 Å². The molecule has 6 heteroatoms. The Hall–Kier alpha value is -2.37. The van der Waals surface area contributed by atoms with Crippen LogP contribution in [0.4, 0.5) is 0 Å². The minimum atomic E-state index is -0.00392. The first-order valence-electron chi connectivity index (χ1n) is 9.11. The van der Waals surface area contributed by atoms with Crippen molar-refractivity contribution < 1.29 is 14.1 Å². The molecule has 0 unspecified atom stereocenters. The van der Waals surface area contributed by atoms with E-state index in [2.05, 4.69) is 30.9 Å². The maximum Gasteiger partial charge on any atom is 0.231 e. The van der Waals surface area contributed by atoms with E-state index in [-0.39, 0.29) is 17.2 Å². The molecule has 1 aliphatic rings. The van der Waals surface area contributed by atoms with Crippen molar-refractivity contribution in [2.45, 2.75) is 46.0 Å². The lowest BCUT2D eigenvalue weighted by atomic mass is 9.90. The maximum atomic E-state index is 12.5. The van der Waals surface area contributed by atoms with Crippen molar-refractivity contribution in [3.63, 3.8) is 0 Å². The van der Waals surface area contributed by atoms with E-state index in [1.165, 1.54) is 0 Å². The van der Waals surface area contributed by atoms with Gasteiger partial charge in [0.05, 0.1) is 13.0 Å². The summed E-state index contributed by atoms with van der Waals surface area (Å²) in [5.74, 6) is 2.28. The lowest BCUT2D eigenvalue weighted by Crippen LogP contribution is -2.40. The molecule has 0 N–H and O–H groups in total. The van der Waals surface area contributed by atoms with Crippen LogP contribution in [0.3, 0.4) is 0 Å². The Balaban J connectivity index is 1.69. The average molecular weight is 357 g/mol. The zero-order valence-corrected chi connectivity index (χ0v) is 16.0. The Morgan fingerprint density at radius 2 is 2.04 bits per heavy atom. The number of carbonyl (C=O) groups excluding carboxylic acids is 1. The second kappa shape index (κ2) is 7.48. The zero-order chi connectivity index (χ0) is 18.7. The van der Waals surface area contributed by atoms with Gasteiger partial charge in [-0.15, -0.1) is 0 Å². The van der Waals surface area contributed by atoms with E-state index in [1.807, 2.05) is 29.2 Å². The first kappa shape index (κ1) is 18.4. The topological polar surface area (TPSA) is 68.5 Å². The number of piperidine rings is 1. The molecule has 1 aliphatic heterocycles. The van der Waals surface area contributed by atoms with Crippen LogP contribution in [0.15, 0.2) is 28.8 Å². The van der Waals surface area contributed by atoms with Crippen LogP contribution in [-0.2, 0) is 4.79 Å². The fourth-order valence-electron chi connectivity index (χ4n) is 3.23. The van der Waals surface area contributed by atoms with E-state index < -0.39 is 0 Å². The molecule has 0 spiro atoms. The molecule has 6 nitrogen and oxygen atoms in total. The molecular weight excluding hydrogens is 330 g/mol. The Kier molecular flexibility index (Phi) is 5.30. The maximum absolute atomic E-state index is 12.5. The molecule has 3 rings (SSSR count). The largest absolute Gasteiger partial charge is 0.497 e. The minimum absolute atomic E-state index is 0.00392. The summed E-state index contributed by atoms with van der Waals surface area (Å²) in [6.07, 6.45) is 2.48. The van der Waals surface area contributed by atoms with Gasteiger partial charge < -0.3 is 14.2 Å². The second-order valence-corrected chi connectivity index (χ2v) is 8.10. The number of aromatic nitrogens is 2. The Morgan fingerprint density at radius 3 is 2.69 bits per heavy atom. The van der Waals surface area contributed by atoms with Crippen LogP contribution >= 0.6 is 0 Å². The summed E-state index contributed by atoms with van der Waals surface area (Å²) in [6.45, 7) is 7.73. The molecule has 0 bridgehead atoms. The smallest absolute Gasteiger partial charge is 0.231 e. The number of hydrogen-bond acceptors (Lipinski definition) is 5. The number of carbonyl (C=O) groups is 1. The van der Waals surface area contributed by atoms with Crippen molar-refractivity contribution in [1.29, 1.82) is 0 Å². The second-order valence-electron chi connectivity index (χ2n) is 8.10. The summed E-state index contributed by atoms with van der Waals surface area (Å²) in [4.78, 5) is 19.0. The lowest BCUT2D eigenvalue weighted by molar-refractivity contribution is -0.134. The number of nitrogens with zero attached hydrogens (tertiary/aromatic N) is 3. The zero-order valence-electron chi connectivity index (χ0n) is 16.0. The minimum Gasteiger partial charge on any atom is -0.497 e. The van der Waals surface area contributed by atoms with Gasteiger partial charge in [-0.05, 0) is 42.5 Å². The number of ether oxygens (including phenoxy) is 1. The van der Waals surface area contributed by atoms with Crippen molar-refractivity contribution in [2.24, 2.45) is 5.41 Å². The van der Waals surface area contributed by atoms with Gasteiger partial charge >= 0.3 is 0 Å². The number of rotatable bonds is 4. The van der Waals surface area contributed by atoms with Gasteiger partial charge in [0.15, 0.2) is 0 Å². The molecule has 0 radical (unpaired) electrons. The first-order valence-corrected chi connectivity index (χ1v) is 9.11. The van der Waals surface area contributed by atoms with Crippen molar-refractivity contribution in [3.8, 4) is 17.1 Å². The molecule has 26 heavy (non-hydrogen) atoms. The molecule has 0 saturated carbocycles. The third kappa shape index (κ3) is 4.42. The molecule has 1 amide bonds. The monoisotopic (exact) mass is 357 g/mol. The summed E-state index contributed by atoms with van der Waals surface area (Å²) in [5.41, 5.74) is 0.882. The van der Waals surface area contributed by atoms with E-state index in [9.17, 15) is 4.79 Å². The molecule has 0 aliphatic carbocycles. The molecule has 1 saturated heterocycles. The highest BCUT2D eigenvalue weighted by Gasteiger charge is 2.30. The van der Waals surface area contributed by atoms with Crippen LogP contribution < -0.4 is 4.74 Å². The molecular formula is C20H27N3O3. The van der Waals surface area contributed by atoms with Gasteiger partial charge in [-0.1, -0.05) is 25.9 Å². The Morgan fingerprint density at radius 1 is 1.31 bits per heavy atom. The molecule has 1 fully saturated rings. The van der Waals surface area contributed by atoms with Crippen LogP contribution in [0.2, 0.25) is 0 Å². The van der Waals surface area contributed by atoms with Crippen molar-refractivity contribution in [2.75, 3.05) is 20.2 Å².